The van der Waals surface area contributed by atoms with Crippen molar-refractivity contribution in [2.45, 2.75) is 24.7 Å². The summed E-state index contributed by atoms with van der Waals surface area (Å²) in [6, 6.07) is 6.73. The lowest BCUT2D eigenvalue weighted by Crippen LogP contribution is -2.52. The molecule has 1 aromatic rings. The number of hydrogen-bond donors (Lipinski definition) is 3. The summed E-state index contributed by atoms with van der Waals surface area (Å²) in [6.07, 6.45) is 2.90. The lowest BCUT2D eigenvalue weighted by Gasteiger charge is -2.31. The molecule has 1 aliphatic rings. The maximum Gasteiger partial charge on any atom is 0.243 e. The Labute approximate surface area is 159 Å². The summed E-state index contributed by atoms with van der Waals surface area (Å²) >= 11 is 5.01. The largest absolute Gasteiger partial charge is 0.358 e. The van der Waals surface area contributed by atoms with Gasteiger partial charge in [-0.1, -0.05) is 23.8 Å². The summed E-state index contributed by atoms with van der Waals surface area (Å²) in [4.78, 5) is 12.6. The molecule has 1 aromatic carbocycles. The van der Waals surface area contributed by atoms with Crippen molar-refractivity contribution in [3.05, 3.63) is 42.5 Å². The number of nitrogens with one attached hydrogen (secondary N) is 3. The van der Waals surface area contributed by atoms with Gasteiger partial charge in [-0.3, -0.25) is 15.6 Å². The Kier molecular flexibility index (Phi) is 7.13. The van der Waals surface area contributed by atoms with Gasteiger partial charge in [0.25, 0.3) is 0 Å². The first-order chi connectivity index (χ1) is 12.3. The van der Waals surface area contributed by atoms with Crippen LogP contribution in [0.3, 0.4) is 0 Å². The number of aryl methyl sites for hydroxylation is 1. The number of hydrazine groups is 1. The molecule has 1 heterocycles. The highest BCUT2D eigenvalue weighted by Crippen LogP contribution is 2.24. The second kappa shape index (κ2) is 9.11. The number of piperidine rings is 1. The summed E-state index contributed by atoms with van der Waals surface area (Å²) in [6.45, 7) is 6.50. The standard InChI is InChI=1S/C17H24N4O3S2/c1-3-10-18-17(25)20-19-16(22)14-5-4-11-21(12-14)26(23,24)15-8-6-13(2)7-9-15/h3,6-9,14H,1,4-5,10-12H2,2H3,(H,19,22)(H2,18,20,25)/t14-/m0/s1. The highest BCUT2D eigenvalue weighted by molar-refractivity contribution is 7.89. The first-order valence-electron chi connectivity index (χ1n) is 8.36. The van der Waals surface area contributed by atoms with Crippen LogP contribution in [0.15, 0.2) is 41.8 Å². The van der Waals surface area contributed by atoms with Gasteiger partial charge in [0.15, 0.2) is 5.11 Å². The van der Waals surface area contributed by atoms with Crippen molar-refractivity contribution in [2.24, 2.45) is 5.92 Å². The Morgan fingerprint density at radius 1 is 1.35 bits per heavy atom. The van der Waals surface area contributed by atoms with Crippen LogP contribution >= 0.6 is 12.2 Å². The Morgan fingerprint density at radius 3 is 2.69 bits per heavy atom. The van der Waals surface area contributed by atoms with E-state index >= 15 is 0 Å². The number of carbonyl (C=O) groups excluding carboxylic acids is 1. The highest BCUT2D eigenvalue weighted by Gasteiger charge is 2.33. The minimum absolute atomic E-state index is 0.149. The van der Waals surface area contributed by atoms with Gasteiger partial charge < -0.3 is 5.32 Å². The Hall–Kier alpha value is -1.97. The third kappa shape index (κ3) is 5.26. The van der Waals surface area contributed by atoms with Crippen molar-refractivity contribution in [1.29, 1.82) is 0 Å². The van der Waals surface area contributed by atoms with Crippen molar-refractivity contribution in [2.75, 3.05) is 19.6 Å². The zero-order valence-electron chi connectivity index (χ0n) is 14.7. The van der Waals surface area contributed by atoms with Crippen LogP contribution in [-0.4, -0.2) is 43.4 Å². The molecular formula is C17H24N4O3S2. The number of hydrogen-bond acceptors (Lipinski definition) is 4. The second-order valence-corrected chi connectivity index (χ2v) is 8.47. The van der Waals surface area contributed by atoms with E-state index in [-0.39, 0.29) is 22.5 Å². The predicted octanol–water partition coefficient (Wildman–Crippen LogP) is 1.08. The molecule has 142 valence electrons. The predicted molar refractivity (Wildman–Crippen MR) is 105 cm³/mol. The van der Waals surface area contributed by atoms with E-state index in [1.54, 1.807) is 30.3 Å². The van der Waals surface area contributed by atoms with Crippen LogP contribution in [0, 0.1) is 12.8 Å². The molecule has 26 heavy (non-hydrogen) atoms. The first kappa shape index (κ1) is 20.3. The van der Waals surface area contributed by atoms with Gasteiger partial charge in [0.2, 0.25) is 15.9 Å². The average Bonchev–Trinajstić information content (AvgIpc) is 2.64. The maximum atomic E-state index is 12.8. The van der Waals surface area contributed by atoms with E-state index in [4.69, 9.17) is 12.2 Å². The Balaban J connectivity index is 1.97. The van der Waals surface area contributed by atoms with Gasteiger partial charge in [0, 0.05) is 19.6 Å². The number of nitrogens with zero attached hydrogens (tertiary/aromatic N) is 1. The molecule has 0 radical (unpaired) electrons. The van der Waals surface area contributed by atoms with E-state index in [0.29, 0.717) is 25.9 Å². The third-order valence-corrected chi connectivity index (χ3v) is 6.25. The zero-order valence-corrected chi connectivity index (χ0v) is 16.3. The summed E-state index contributed by atoms with van der Waals surface area (Å²) in [5.41, 5.74) is 6.14. The molecule has 0 aliphatic carbocycles. The smallest absolute Gasteiger partial charge is 0.243 e. The lowest BCUT2D eigenvalue weighted by atomic mass is 9.99. The summed E-state index contributed by atoms with van der Waals surface area (Å²) in [7, 11) is -3.60. The third-order valence-electron chi connectivity index (χ3n) is 4.12. The van der Waals surface area contributed by atoms with E-state index in [1.165, 1.54) is 4.31 Å². The van der Waals surface area contributed by atoms with Crippen LogP contribution in [-0.2, 0) is 14.8 Å². The van der Waals surface area contributed by atoms with Crippen molar-refractivity contribution < 1.29 is 13.2 Å². The SMILES string of the molecule is C=CCNC(=S)NNC(=O)[C@H]1CCCN(S(=O)(=O)c2ccc(C)cc2)C1. The average molecular weight is 397 g/mol. The normalized spacial score (nSPS) is 18.0. The molecule has 0 aromatic heterocycles. The fourth-order valence-electron chi connectivity index (χ4n) is 2.66. The topological polar surface area (TPSA) is 90.5 Å². The second-order valence-electron chi connectivity index (χ2n) is 6.13. The number of sulfonamides is 1. The van der Waals surface area contributed by atoms with Crippen molar-refractivity contribution in [3.8, 4) is 0 Å². The summed E-state index contributed by atoms with van der Waals surface area (Å²) in [5, 5.41) is 3.11. The van der Waals surface area contributed by atoms with Gasteiger partial charge in [0.1, 0.15) is 0 Å². The monoisotopic (exact) mass is 396 g/mol. The van der Waals surface area contributed by atoms with E-state index in [0.717, 1.165) is 5.56 Å². The molecular weight excluding hydrogens is 372 g/mol. The highest BCUT2D eigenvalue weighted by atomic mass is 32.2. The number of rotatable bonds is 5. The molecule has 0 spiro atoms. The van der Waals surface area contributed by atoms with E-state index in [9.17, 15) is 13.2 Å². The van der Waals surface area contributed by atoms with Crippen molar-refractivity contribution in [1.82, 2.24) is 20.5 Å². The molecule has 7 nitrogen and oxygen atoms in total. The van der Waals surface area contributed by atoms with Gasteiger partial charge in [0.05, 0.1) is 10.8 Å². The van der Waals surface area contributed by atoms with Crippen molar-refractivity contribution >= 4 is 33.3 Å². The minimum Gasteiger partial charge on any atom is -0.358 e. The zero-order chi connectivity index (χ0) is 19.2. The van der Waals surface area contributed by atoms with Gasteiger partial charge in [-0.15, -0.1) is 6.58 Å². The maximum absolute atomic E-state index is 12.8. The van der Waals surface area contributed by atoms with E-state index < -0.39 is 15.9 Å². The molecule has 0 bridgehead atoms. The van der Waals surface area contributed by atoms with Crippen LogP contribution in [0.4, 0.5) is 0 Å². The van der Waals surface area contributed by atoms with Crippen molar-refractivity contribution in [3.63, 3.8) is 0 Å². The lowest BCUT2D eigenvalue weighted by molar-refractivity contribution is -0.126. The number of carbonyl (C=O) groups is 1. The van der Waals surface area contributed by atoms with E-state index in [2.05, 4.69) is 22.7 Å². The van der Waals surface area contributed by atoms with Gasteiger partial charge >= 0.3 is 0 Å². The van der Waals surface area contributed by atoms with Crippen LogP contribution < -0.4 is 16.2 Å². The fraction of sp³-hybridized carbons (Fsp3) is 0.412. The molecule has 3 N–H and O–H groups in total. The molecule has 2 rings (SSSR count). The molecule has 1 amide bonds. The Morgan fingerprint density at radius 2 is 2.04 bits per heavy atom. The minimum atomic E-state index is -3.60. The van der Waals surface area contributed by atoms with Crippen LogP contribution in [0.1, 0.15) is 18.4 Å². The summed E-state index contributed by atoms with van der Waals surface area (Å²) in [5.74, 6) is -0.713. The molecule has 0 unspecified atom stereocenters. The number of thiocarbonyl (C=S) groups is 1. The van der Waals surface area contributed by atoms with Crippen LogP contribution in [0.5, 0.6) is 0 Å². The molecule has 1 fully saturated rings. The molecule has 1 saturated heterocycles. The number of benzene rings is 1. The Bertz CT molecular complexity index is 763. The molecule has 1 aliphatic heterocycles. The molecule has 0 saturated carbocycles. The van der Waals surface area contributed by atoms with Gasteiger partial charge in [-0.05, 0) is 44.1 Å². The first-order valence-corrected chi connectivity index (χ1v) is 10.2. The van der Waals surface area contributed by atoms with E-state index in [1.807, 2.05) is 6.92 Å². The summed E-state index contributed by atoms with van der Waals surface area (Å²) < 4.78 is 27.0. The quantitative estimate of drug-likeness (QED) is 0.392. The van der Waals surface area contributed by atoms with Gasteiger partial charge in [-0.25, -0.2) is 8.42 Å². The van der Waals surface area contributed by atoms with Crippen LogP contribution in [0.2, 0.25) is 0 Å². The number of amides is 1. The van der Waals surface area contributed by atoms with Gasteiger partial charge in [-0.2, -0.15) is 4.31 Å². The molecule has 1 atom stereocenters. The van der Waals surface area contributed by atoms with Crippen LogP contribution in [0.25, 0.3) is 0 Å². The fourth-order valence-corrected chi connectivity index (χ4v) is 4.32. The molecule has 9 heteroatoms.